The van der Waals surface area contributed by atoms with E-state index in [1.54, 1.807) is 36.9 Å². The van der Waals surface area contributed by atoms with E-state index in [2.05, 4.69) is 0 Å². The number of ether oxygens (including phenoxy) is 1. The van der Waals surface area contributed by atoms with Gasteiger partial charge in [-0.25, -0.2) is 0 Å². The first-order valence-corrected chi connectivity index (χ1v) is 8.26. The summed E-state index contributed by atoms with van der Waals surface area (Å²) in [6, 6.07) is 6.40. The fraction of sp³-hybridized carbons (Fsp3) is 0.467. The third-order valence-electron chi connectivity index (χ3n) is 3.13. The number of carboxylic acids is 1. The molecule has 0 aliphatic carbocycles. The zero-order valence-corrected chi connectivity index (χ0v) is 13.7. The van der Waals surface area contributed by atoms with Crippen LogP contribution in [0.15, 0.2) is 24.3 Å². The van der Waals surface area contributed by atoms with Gasteiger partial charge in [-0.3, -0.25) is 9.59 Å². The van der Waals surface area contributed by atoms with Gasteiger partial charge < -0.3 is 9.84 Å². The molecule has 4 nitrogen and oxygen atoms in total. The van der Waals surface area contributed by atoms with E-state index in [1.165, 1.54) is 6.07 Å². The summed E-state index contributed by atoms with van der Waals surface area (Å²) in [5.41, 5.74) is -1.35. The topological polar surface area (TPSA) is 63.6 Å². The Kier molecular flexibility index (Phi) is 7.05. The molecule has 0 amide bonds. The number of rotatable bonds is 8. The highest BCUT2D eigenvalue weighted by atomic mass is 35.5. The number of hydrogen-bond donors (Lipinski definition) is 1. The number of thioether (sulfide) groups is 1. The number of halogens is 1. The Balaban J connectivity index is 3.29. The molecule has 0 spiro atoms. The van der Waals surface area contributed by atoms with Crippen LogP contribution in [0.3, 0.4) is 0 Å². The highest BCUT2D eigenvalue weighted by Gasteiger charge is 2.49. The van der Waals surface area contributed by atoms with Gasteiger partial charge in [-0.1, -0.05) is 30.7 Å². The van der Waals surface area contributed by atoms with Crippen LogP contribution >= 0.6 is 23.4 Å². The maximum absolute atomic E-state index is 12.4. The summed E-state index contributed by atoms with van der Waals surface area (Å²) >= 11 is 7.53. The molecule has 0 radical (unpaired) electrons. The summed E-state index contributed by atoms with van der Waals surface area (Å²) in [5.74, 6) is -0.543. The van der Waals surface area contributed by atoms with Crippen molar-refractivity contribution in [3.8, 4) is 0 Å². The molecule has 0 fully saturated rings. The molecule has 1 atom stereocenters. The summed E-state index contributed by atoms with van der Waals surface area (Å²) in [6.45, 7) is 3.77. The van der Waals surface area contributed by atoms with E-state index in [-0.39, 0.29) is 13.0 Å². The highest BCUT2D eigenvalue weighted by molar-refractivity contribution is 7.99. The zero-order valence-electron chi connectivity index (χ0n) is 12.1. The summed E-state index contributed by atoms with van der Waals surface area (Å²) in [6.07, 6.45) is 0.167. The molecule has 0 aliphatic heterocycles. The minimum atomic E-state index is -1.71. The van der Waals surface area contributed by atoms with E-state index in [4.69, 9.17) is 16.3 Å². The van der Waals surface area contributed by atoms with Gasteiger partial charge in [0.25, 0.3) is 0 Å². The SMILES string of the molecule is CCOC(=O)C(CCSCC)(C(=O)O)c1cccc(Cl)c1. The highest BCUT2D eigenvalue weighted by Crippen LogP contribution is 2.33. The first-order valence-electron chi connectivity index (χ1n) is 6.73. The van der Waals surface area contributed by atoms with Gasteiger partial charge in [0.05, 0.1) is 6.61 Å². The van der Waals surface area contributed by atoms with Crippen LogP contribution in [-0.2, 0) is 19.7 Å². The Hall–Kier alpha value is -1.20. The molecule has 0 saturated heterocycles. The standard InChI is InChI=1S/C15H19ClO4S/c1-3-20-14(19)15(13(17)18,8-9-21-4-2)11-6-5-7-12(16)10-11/h5-7,10H,3-4,8-9H2,1-2H3,(H,17,18). The molecule has 6 heteroatoms. The molecule has 1 aromatic carbocycles. The lowest BCUT2D eigenvalue weighted by atomic mass is 9.78. The minimum absolute atomic E-state index is 0.134. The molecule has 21 heavy (non-hydrogen) atoms. The molecule has 0 aliphatic rings. The second-order valence-electron chi connectivity index (χ2n) is 4.39. The monoisotopic (exact) mass is 330 g/mol. The Morgan fingerprint density at radius 1 is 1.38 bits per heavy atom. The van der Waals surface area contributed by atoms with E-state index < -0.39 is 17.4 Å². The molecule has 0 saturated carbocycles. The molecule has 1 aromatic rings. The first-order chi connectivity index (χ1) is 9.98. The van der Waals surface area contributed by atoms with Crippen LogP contribution in [0.25, 0.3) is 0 Å². The lowest BCUT2D eigenvalue weighted by Gasteiger charge is -2.27. The average molecular weight is 331 g/mol. The summed E-state index contributed by atoms with van der Waals surface area (Å²) < 4.78 is 5.02. The van der Waals surface area contributed by atoms with Crippen LogP contribution in [0.1, 0.15) is 25.8 Å². The van der Waals surface area contributed by atoms with Crippen molar-refractivity contribution >= 4 is 35.3 Å². The molecular weight excluding hydrogens is 312 g/mol. The van der Waals surface area contributed by atoms with Crippen LogP contribution in [-0.4, -0.2) is 35.2 Å². The van der Waals surface area contributed by atoms with Crippen molar-refractivity contribution in [3.05, 3.63) is 34.9 Å². The van der Waals surface area contributed by atoms with E-state index in [9.17, 15) is 14.7 Å². The number of esters is 1. The molecule has 1 rings (SSSR count). The molecule has 1 N–H and O–H groups in total. The van der Waals surface area contributed by atoms with Gasteiger partial charge >= 0.3 is 11.9 Å². The zero-order chi connectivity index (χ0) is 15.9. The largest absolute Gasteiger partial charge is 0.480 e. The predicted octanol–water partition coefficient (Wildman–Crippen LogP) is 3.37. The third-order valence-corrected chi connectivity index (χ3v) is 4.27. The summed E-state index contributed by atoms with van der Waals surface area (Å²) in [5, 5.41) is 10.1. The lowest BCUT2D eigenvalue weighted by Crippen LogP contribution is -2.45. The smallest absolute Gasteiger partial charge is 0.328 e. The quantitative estimate of drug-likeness (QED) is 0.450. The van der Waals surface area contributed by atoms with Crippen molar-refractivity contribution in [2.75, 3.05) is 18.1 Å². The van der Waals surface area contributed by atoms with Crippen LogP contribution in [0.5, 0.6) is 0 Å². The van der Waals surface area contributed by atoms with Gasteiger partial charge in [0, 0.05) is 5.02 Å². The van der Waals surface area contributed by atoms with Crippen molar-refractivity contribution in [3.63, 3.8) is 0 Å². The number of benzene rings is 1. The van der Waals surface area contributed by atoms with E-state index in [1.807, 2.05) is 6.92 Å². The second-order valence-corrected chi connectivity index (χ2v) is 6.22. The number of carbonyl (C=O) groups excluding carboxylic acids is 1. The van der Waals surface area contributed by atoms with Gasteiger partial charge in [0.15, 0.2) is 5.41 Å². The van der Waals surface area contributed by atoms with E-state index in [0.29, 0.717) is 16.3 Å². The lowest BCUT2D eigenvalue weighted by molar-refractivity contribution is -0.161. The normalized spacial score (nSPS) is 13.5. The van der Waals surface area contributed by atoms with Gasteiger partial charge in [0.2, 0.25) is 0 Å². The van der Waals surface area contributed by atoms with Crippen LogP contribution < -0.4 is 0 Å². The fourth-order valence-corrected chi connectivity index (χ4v) is 2.99. The van der Waals surface area contributed by atoms with E-state index >= 15 is 0 Å². The van der Waals surface area contributed by atoms with Gasteiger partial charge in [-0.2, -0.15) is 11.8 Å². The Morgan fingerprint density at radius 3 is 2.62 bits per heavy atom. The van der Waals surface area contributed by atoms with Gasteiger partial charge in [-0.05, 0) is 42.5 Å². The number of carboxylic acid groups (broad SMARTS) is 1. The molecule has 116 valence electrons. The Labute approximate surface area is 133 Å². The average Bonchev–Trinajstić information content (AvgIpc) is 2.43. The van der Waals surface area contributed by atoms with Gasteiger partial charge in [-0.15, -0.1) is 0 Å². The number of aliphatic carboxylic acids is 1. The minimum Gasteiger partial charge on any atom is -0.480 e. The molecular formula is C15H19ClO4S. The summed E-state index contributed by atoms with van der Waals surface area (Å²) in [7, 11) is 0. The Morgan fingerprint density at radius 2 is 2.10 bits per heavy atom. The second kappa shape index (κ2) is 8.29. The molecule has 0 bridgehead atoms. The van der Waals surface area contributed by atoms with Crippen molar-refractivity contribution in [1.29, 1.82) is 0 Å². The molecule has 0 heterocycles. The fourth-order valence-electron chi connectivity index (χ4n) is 2.06. The van der Waals surface area contributed by atoms with Gasteiger partial charge in [0.1, 0.15) is 0 Å². The van der Waals surface area contributed by atoms with Crippen LogP contribution in [0.2, 0.25) is 5.02 Å². The van der Waals surface area contributed by atoms with Crippen molar-refractivity contribution < 1.29 is 19.4 Å². The maximum atomic E-state index is 12.4. The summed E-state index contributed by atoms with van der Waals surface area (Å²) in [4.78, 5) is 24.2. The van der Waals surface area contributed by atoms with Crippen LogP contribution in [0, 0.1) is 0 Å². The van der Waals surface area contributed by atoms with Crippen LogP contribution in [0.4, 0.5) is 0 Å². The molecule has 1 unspecified atom stereocenters. The van der Waals surface area contributed by atoms with Crippen molar-refractivity contribution in [1.82, 2.24) is 0 Å². The van der Waals surface area contributed by atoms with Crippen molar-refractivity contribution in [2.45, 2.75) is 25.7 Å². The maximum Gasteiger partial charge on any atom is 0.328 e. The predicted molar refractivity (Wildman–Crippen MR) is 85.0 cm³/mol. The third kappa shape index (κ3) is 4.14. The first kappa shape index (κ1) is 17.9. The Bertz CT molecular complexity index is 506. The molecule has 0 aromatic heterocycles. The number of carbonyl (C=O) groups is 2. The number of hydrogen-bond acceptors (Lipinski definition) is 4. The van der Waals surface area contributed by atoms with E-state index in [0.717, 1.165) is 5.75 Å². The van der Waals surface area contributed by atoms with Crippen molar-refractivity contribution in [2.24, 2.45) is 0 Å².